The molecular formula is C26H24FNO3S. The molecule has 0 atom stereocenters. The topological polar surface area (TPSA) is 66.4 Å². The lowest BCUT2D eigenvalue weighted by Crippen LogP contribution is -2.48. The second-order valence-electron chi connectivity index (χ2n) is 10.0. The maximum Gasteiger partial charge on any atom is 0.290 e. The van der Waals surface area contributed by atoms with E-state index in [-0.39, 0.29) is 22.3 Å². The summed E-state index contributed by atoms with van der Waals surface area (Å²) in [6.45, 7) is 0. The molecule has 1 aliphatic heterocycles. The zero-order valence-electron chi connectivity index (χ0n) is 17.6. The van der Waals surface area contributed by atoms with Crippen molar-refractivity contribution in [2.75, 3.05) is 0 Å². The Morgan fingerprint density at radius 2 is 1.59 bits per heavy atom. The number of thioether (sulfide) groups is 1. The number of phenolic OH excluding ortho intramolecular Hbond substituents is 1. The maximum absolute atomic E-state index is 14.9. The molecule has 6 heteroatoms. The zero-order chi connectivity index (χ0) is 22.0. The van der Waals surface area contributed by atoms with Gasteiger partial charge in [0.2, 0.25) is 0 Å². The average molecular weight is 450 g/mol. The van der Waals surface area contributed by atoms with E-state index in [0.717, 1.165) is 53.3 Å². The van der Waals surface area contributed by atoms with Crippen LogP contribution in [-0.2, 0) is 10.2 Å². The molecule has 1 saturated heterocycles. The van der Waals surface area contributed by atoms with Crippen molar-refractivity contribution in [1.82, 2.24) is 5.32 Å². The maximum atomic E-state index is 14.9. The molecule has 2 N–H and O–H groups in total. The molecule has 164 valence electrons. The second-order valence-corrected chi connectivity index (χ2v) is 11.0. The molecule has 2 amide bonds. The van der Waals surface area contributed by atoms with Gasteiger partial charge in [0.25, 0.3) is 11.1 Å². The number of hydrogen-bond acceptors (Lipinski definition) is 4. The number of phenols is 1. The number of aromatic hydroxyl groups is 1. The van der Waals surface area contributed by atoms with Crippen LogP contribution < -0.4 is 5.32 Å². The number of nitrogens with one attached hydrogen (secondary N) is 1. The SMILES string of the molecule is O=C1NC(=O)C(=Cc2ccc(-c3cc(F)c(O)c(C45CC6CC(CC(C6)C4)C5)c3)cc2)S1. The highest BCUT2D eigenvalue weighted by atomic mass is 32.2. The lowest BCUT2D eigenvalue weighted by Gasteiger charge is -2.57. The van der Waals surface area contributed by atoms with Gasteiger partial charge in [0.05, 0.1) is 4.91 Å². The normalized spacial score (nSPS) is 32.0. The minimum Gasteiger partial charge on any atom is -0.505 e. The summed E-state index contributed by atoms with van der Waals surface area (Å²) in [5.41, 5.74) is 3.10. The molecule has 2 aromatic rings. The van der Waals surface area contributed by atoms with Crippen LogP contribution in [0.5, 0.6) is 5.75 Å². The van der Waals surface area contributed by atoms with Crippen molar-refractivity contribution < 1.29 is 19.1 Å². The van der Waals surface area contributed by atoms with E-state index in [4.69, 9.17) is 0 Å². The Hall–Kier alpha value is -2.60. The van der Waals surface area contributed by atoms with Crippen molar-refractivity contribution in [2.24, 2.45) is 17.8 Å². The molecule has 0 aromatic heterocycles. The number of imide groups is 1. The number of halogens is 1. The molecule has 4 bridgehead atoms. The first-order valence-corrected chi connectivity index (χ1v) is 12.1. The molecule has 32 heavy (non-hydrogen) atoms. The molecule has 0 spiro atoms. The predicted octanol–water partition coefficient (Wildman–Crippen LogP) is 5.99. The van der Waals surface area contributed by atoms with Crippen molar-refractivity contribution in [3.63, 3.8) is 0 Å². The smallest absolute Gasteiger partial charge is 0.290 e. The van der Waals surface area contributed by atoms with Gasteiger partial charge in [-0.2, -0.15) is 0 Å². The highest BCUT2D eigenvalue weighted by Gasteiger charge is 2.52. The van der Waals surface area contributed by atoms with Crippen molar-refractivity contribution in [3.05, 3.63) is 58.2 Å². The second kappa shape index (κ2) is 7.20. The van der Waals surface area contributed by atoms with Gasteiger partial charge in [-0.15, -0.1) is 0 Å². The van der Waals surface area contributed by atoms with Crippen LogP contribution in [0.15, 0.2) is 41.3 Å². The Morgan fingerprint density at radius 1 is 0.969 bits per heavy atom. The van der Waals surface area contributed by atoms with Gasteiger partial charge in [-0.05, 0) is 108 Å². The fraction of sp³-hybridized carbons (Fsp3) is 0.385. The lowest BCUT2D eigenvalue weighted by molar-refractivity contribution is -0.115. The molecule has 4 saturated carbocycles. The summed E-state index contributed by atoms with van der Waals surface area (Å²) in [7, 11) is 0. The molecule has 1 heterocycles. The number of carbonyl (C=O) groups excluding carboxylic acids is 2. The molecular weight excluding hydrogens is 425 g/mol. The van der Waals surface area contributed by atoms with Gasteiger partial charge in [-0.1, -0.05) is 24.3 Å². The summed E-state index contributed by atoms with van der Waals surface area (Å²) >= 11 is 0.886. The fourth-order valence-corrected chi connectivity index (χ4v) is 7.64. The standard InChI is InChI=1S/C26H24FNO3S/c27-21-10-19(18-3-1-14(2-4-18)8-22-24(30)28-25(31)32-22)9-20(23(21)29)26-11-15-5-16(12-26)7-17(6-15)13-26/h1-4,8-10,15-17,29H,5-7,11-13H2,(H,28,30,31). The molecule has 0 unspecified atom stereocenters. The molecule has 4 nitrogen and oxygen atoms in total. The van der Waals surface area contributed by atoms with Crippen LogP contribution in [-0.4, -0.2) is 16.3 Å². The van der Waals surface area contributed by atoms with E-state index in [1.807, 2.05) is 30.3 Å². The lowest BCUT2D eigenvalue weighted by atomic mass is 9.48. The summed E-state index contributed by atoms with van der Waals surface area (Å²) in [6, 6.07) is 10.9. The van der Waals surface area contributed by atoms with Gasteiger partial charge in [0, 0.05) is 5.56 Å². The Balaban J connectivity index is 1.34. The van der Waals surface area contributed by atoms with E-state index in [0.29, 0.717) is 22.7 Å². The Bertz CT molecular complexity index is 1140. The van der Waals surface area contributed by atoms with E-state index in [9.17, 15) is 19.1 Å². The van der Waals surface area contributed by atoms with Crippen molar-refractivity contribution in [1.29, 1.82) is 0 Å². The van der Waals surface area contributed by atoms with E-state index in [1.165, 1.54) is 25.3 Å². The van der Waals surface area contributed by atoms with Crippen LogP contribution >= 0.6 is 11.8 Å². The summed E-state index contributed by atoms with van der Waals surface area (Å²) in [5, 5.41) is 12.6. The van der Waals surface area contributed by atoms with Crippen LogP contribution in [0.2, 0.25) is 0 Å². The zero-order valence-corrected chi connectivity index (χ0v) is 18.4. The summed E-state index contributed by atoms with van der Waals surface area (Å²) in [5.74, 6) is 1.000. The minimum atomic E-state index is -0.558. The van der Waals surface area contributed by atoms with Crippen LogP contribution in [0.1, 0.15) is 49.7 Å². The van der Waals surface area contributed by atoms with E-state index >= 15 is 0 Å². The van der Waals surface area contributed by atoms with Crippen LogP contribution in [0, 0.1) is 23.6 Å². The molecule has 0 radical (unpaired) electrons. The Kier molecular flexibility index (Phi) is 4.51. The van der Waals surface area contributed by atoms with E-state index in [2.05, 4.69) is 5.32 Å². The van der Waals surface area contributed by atoms with Crippen molar-refractivity contribution in [3.8, 4) is 16.9 Å². The first-order valence-electron chi connectivity index (χ1n) is 11.3. The number of amides is 2. The Labute approximate surface area is 190 Å². The molecule has 5 aliphatic rings. The Morgan fingerprint density at radius 3 is 2.16 bits per heavy atom. The third-order valence-corrected chi connectivity index (χ3v) is 8.67. The summed E-state index contributed by atoms with van der Waals surface area (Å²) in [4.78, 5) is 23.5. The summed E-state index contributed by atoms with van der Waals surface area (Å²) < 4.78 is 14.9. The van der Waals surface area contributed by atoms with Gasteiger partial charge in [0.1, 0.15) is 0 Å². The first kappa shape index (κ1) is 20.0. The van der Waals surface area contributed by atoms with Gasteiger partial charge in [-0.3, -0.25) is 14.9 Å². The first-order chi connectivity index (χ1) is 15.4. The van der Waals surface area contributed by atoms with Gasteiger partial charge < -0.3 is 5.11 Å². The number of benzene rings is 2. The van der Waals surface area contributed by atoms with Crippen LogP contribution in [0.3, 0.4) is 0 Å². The summed E-state index contributed by atoms with van der Waals surface area (Å²) in [6.07, 6.45) is 8.72. The largest absolute Gasteiger partial charge is 0.505 e. The van der Waals surface area contributed by atoms with E-state index in [1.54, 1.807) is 6.08 Å². The molecule has 5 fully saturated rings. The van der Waals surface area contributed by atoms with Crippen molar-refractivity contribution >= 4 is 29.0 Å². The monoisotopic (exact) mass is 449 g/mol. The predicted molar refractivity (Wildman–Crippen MR) is 122 cm³/mol. The number of rotatable bonds is 3. The third kappa shape index (κ3) is 3.27. The van der Waals surface area contributed by atoms with Gasteiger partial charge in [0.15, 0.2) is 11.6 Å². The van der Waals surface area contributed by atoms with Crippen LogP contribution in [0.4, 0.5) is 9.18 Å². The fourth-order valence-electron chi connectivity index (χ4n) is 6.95. The van der Waals surface area contributed by atoms with Crippen molar-refractivity contribution in [2.45, 2.75) is 43.9 Å². The molecule has 2 aromatic carbocycles. The van der Waals surface area contributed by atoms with Crippen LogP contribution in [0.25, 0.3) is 17.2 Å². The highest BCUT2D eigenvalue weighted by molar-refractivity contribution is 8.18. The molecule has 7 rings (SSSR count). The number of carbonyl (C=O) groups is 2. The van der Waals surface area contributed by atoms with Gasteiger partial charge in [-0.25, -0.2) is 4.39 Å². The third-order valence-electron chi connectivity index (χ3n) is 7.86. The number of hydrogen-bond donors (Lipinski definition) is 2. The highest BCUT2D eigenvalue weighted by Crippen LogP contribution is 2.62. The average Bonchev–Trinajstić information content (AvgIpc) is 3.06. The minimum absolute atomic E-state index is 0.0976. The van der Waals surface area contributed by atoms with E-state index < -0.39 is 5.82 Å². The molecule has 4 aliphatic carbocycles. The van der Waals surface area contributed by atoms with Gasteiger partial charge >= 0.3 is 0 Å². The quantitative estimate of drug-likeness (QED) is 0.565.